The first kappa shape index (κ1) is 21.4. The van der Waals surface area contributed by atoms with Crippen molar-refractivity contribution in [1.82, 2.24) is 0 Å². The Kier molecular flexibility index (Phi) is 7.41. The van der Waals surface area contributed by atoms with Crippen molar-refractivity contribution in [2.45, 2.75) is 51.7 Å². The van der Waals surface area contributed by atoms with Gasteiger partial charge in [0.25, 0.3) is 0 Å². The van der Waals surface area contributed by atoms with Crippen LogP contribution in [0.2, 0.25) is 0 Å². The van der Waals surface area contributed by atoms with Gasteiger partial charge in [-0.05, 0) is 35.6 Å². The molecule has 27 heavy (non-hydrogen) atoms. The Labute approximate surface area is 157 Å². The van der Waals surface area contributed by atoms with E-state index in [2.05, 4.69) is 18.8 Å². The Morgan fingerprint density at radius 1 is 1.30 bits per heavy atom. The van der Waals surface area contributed by atoms with E-state index in [1.807, 2.05) is 0 Å². The molecule has 4 nitrogen and oxygen atoms in total. The van der Waals surface area contributed by atoms with Gasteiger partial charge in [0.1, 0.15) is 5.75 Å². The zero-order valence-corrected chi connectivity index (χ0v) is 15.9. The van der Waals surface area contributed by atoms with Gasteiger partial charge in [-0.25, -0.2) is 0 Å². The summed E-state index contributed by atoms with van der Waals surface area (Å²) in [6.07, 6.45) is -3.05. The van der Waals surface area contributed by atoms with E-state index in [1.54, 1.807) is 25.5 Å². The molecule has 0 amide bonds. The second-order valence-corrected chi connectivity index (χ2v) is 7.07. The molecular formula is C20H26F3NO3. The zero-order chi connectivity index (χ0) is 20.0. The molecule has 1 aromatic rings. The van der Waals surface area contributed by atoms with Crippen molar-refractivity contribution in [3.63, 3.8) is 0 Å². The Hall–Kier alpha value is -1.89. The van der Waals surface area contributed by atoms with E-state index in [0.717, 1.165) is 17.5 Å². The van der Waals surface area contributed by atoms with E-state index in [-0.39, 0.29) is 11.6 Å². The number of benzene rings is 1. The number of ether oxygens (including phenoxy) is 2. The molecule has 1 aromatic carbocycles. The van der Waals surface area contributed by atoms with Crippen LogP contribution in [0.15, 0.2) is 17.1 Å². The number of hydrogen-bond donors (Lipinski definition) is 0. The van der Waals surface area contributed by atoms with Gasteiger partial charge in [-0.2, -0.15) is 13.2 Å². The van der Waals surface area contributed by atoms with Gasteiger partial charge in [-0.3, -0.25) is 9.79 Å². The van der Waals surface area contributed by atoms with Gasteiger partial charge in [0.05, 0.1) is 24.6 Å². The summed E-state index contributed by atoms with van der Waals surface area (Å²) in [6, 6.07) is 3.54. The standard InChI is InChI=1S/C20H26F3NO3/c1-13(2)17-10-14-11-19(27-8-4-7-26-3)16(9-15(14)12-24-17)18(25)5-6-20(21,22)23/h9,11-13,17H,4-8,10H2,1-3H3. The molecule has 1 aliphatic rings. The van der Waals surface area contributed by atoms with Gasteiger partial charge in [-0.1, -0.05) is 13.8 Å². The molecule has 0 bridgehead atoms. The number of hydrogen-bond acceptors (Lipinski definition) is 4. The van der Waals surface area contributed by atoms with Crippen molar-refractivity contribution in [2.24, 2.45) is 10.9 Å². The third kappa shape index (κ3) is 6.34. The minimum Gasteiger partial charge on any atom is -0.493 e. The van der Waals surface area contributed by atoms with E-state index < -0.39 is 24.8 Å². The first-order chi connectivity index (χ1) is 12.7. The predicted molar refractivity (Wildman–Crippen MR) is 98.0 cm³/mol. The molecular weight excluding hydrogens is 359 g/mol. The highest BCUT2D eigenvalue weighted by atomic mass is 19.4. The zero-order valence-electron chi connectivity index (χ0n) is 15.9. The summed E-state index contributed by atoms with van der Waals surface area (Å²) >= 11 is 0. The second-order valence-electron chi connectivity index (χ2n) is 7.07. The van der Waals surface area contributed by atoms with Crippen LogP contribution in [-0.2, 0) is 11.2 Å². The number of methoxy groups -OCH3 is 1. The van der Waals surface area contributed by atoms with Crippen molar-refractivity contribution in [2.75, 3.05) is 20.3 Å². The number of Topliss-reactive ketones (excluding diaryl/α,β-unsaturated/α-hetero) is 1. The van der Waals surface area contributed by atoms with Gasteiger partial charge >= 0.3 is 6.18 Å². The number of carbonyl (C=O) groups is 1. The summed E-state index contributed by atoms with van der Waals surface area (Å²) in [5.41, 5.74) is 1.95. The molecule has 0 fully saturated rings. The summed E-state index contributed by atoms with van der Waals surface area (Å²) in [7, 11) is 1.58. The number of rotatable bonds is 9. The van der Waals surface area contributed by atoms with Crippen LogP contribution in [0.1, 0.15) is 54.6 Å². The summed E-state index contributed by atoms with van der Waals surface area (Å²) < 4.78 is 48.2. The normalized spacial score (nSPS) is 16.5. The highest BCUT2D eigenvalue weighted by Crippen LogP contribution is 2.31. The number of halogens is 3. The Morgan fingerprint density at radius 3 is 2.67 bits per heavy atom. The van der Waals surface area contributed by atoms with Gasteiger partial charge in [0.2, 0.25) is 0 Å². The van der Waals surface area contributed by atoms with E-state index in [4.69, 9.17) is 9.47 Å². The topological polar surface area (TPSA) is 47.9 Å². The molecule has 1 atom stereocenters. The monoisotopic (exact) mass is 385 g/mol. The van der Waals surface area contributed by atoms with Crippen LogP contribution in [0.5, 0.6) is 5.75 Å². The molecule has 0 N–H and O–H groups in total. The minimum absolute atomic E-state index is 0.144. The summed E-state index contributed by atoms with van der Waals surface area (Å²) in [5.74, 6) is 0.139. The largest absolute Gasteiger partial charge is 0.493 e. The van der Waals surface area contributed by atoms with Crippen LogP contribution >= 0.6 is 0 Å². The van der Waals surface area contributed by atoms with E-state index in [1.165, 1.54) is 0 Å². The Morgan fingerprint density at radius 2 is 2.04 bits per heavy atom. The first-order valence-electron chi connectivity index (χ1n) is 9.13. The average molecular weight is 385 g/mol. The number of nitrogens with zero attached hydrogens (tertiary/aromatic N) is 1. The fraction of sp³-hybridized carbons (Fsp3) is 0.600. The van der Waals surface area contributed by atoms with E-state index in [9.17, 15) is 18.0 Å². The first-order valence-corrected chi connectivity index (χ1v) is 9.13. The molecule has 1 aliphatic heterocycles. The lowest BCUT2D eigenvalue weighted by molar-refractivity contribution is -0.133. The fourth-order valence-electron chi connectivity index (χ4n) is 2.91. The average Bonchev–Trinajstić information content (AvgIpc) is 2.61. The molecule has 1 heterocycles. The molecule has 0 aliphatic carbocycles. The van der Waals surface area contributed by atoms with Crippen LogP contribution in [0.4, 0.5) is 13.2 Å². The maximum Gasteiger partial charge on any atom is 0.389 e. The van der Waals surface area contributed by atoms with Gasteiger partial charge in [0.15, 0.2) is 5.78 Å². The third-order valence-corrected chi connectivity index (χ3v) is 4.53. The number of carbonyl (C=O) groups excluding carboxylic acids is 1. The van der Waals surface area contributed by atoms with Crippen molar-refractivity contribution in [3.8, 4) is 5.75 Å². The number of ketones is 1. The maximum absolute atomic E-state index is 12.5. The summed E-state index contributed by atoms with van der Waals surface area (Å²) in [6.45, 7) is 5.01. The quantitative estimate of drug-likeness (QED) is 0.460. The minimum atomic E-state index is -4.37. The third-order valence-electron chi connectivity index (χ3n) is 4.53. The fourth-order valence-corrected chi connectivity index (χ4v) is 2.91. The van der Waals surface area contributed by atoms with Crippen molar-refractivity contribution < 1.29 is 27.4 Å². The molecule has 150 valence electrons. The molecule has 7 heteroatoms. The maximum atomic E-state index is 12.5. The molecule has 0 radical (unpaired) electrons. The molecule has 0 spiro atoms. The van der Waals surface area contributed by atoms with E-state index >= 15 is 0 Å². The van der Waals surface area contributed by atoms with Crippen molar-refractivity contribution in [1.29, 1.82) is 0 Å². The van der Waals surface area contributed by atoms with Crippen molar-refractivity contribution >= 4 is 12.0 Å². The van der Waals surface area contributed by atoms with Crippen LogP contribution in [0.3, 0.4) is 0 Å². The molecule has 2 rings (SSSR count). The smallest absolute Gasteiger partial charge is 0.389 e. The molecule has 0 saturated carbocycles. The Balaban J connectivity index is 2.26. The van der Waals surface area contributed by atoms with Crippen LogP contribution in [0.25, 0.3) is 0 Å². The Bertz CT molecular complexity index is 684. The van der Waals surface area contributed by atoms with Crippen LogP contribution in [0, 0.1) is 5.92 Å². The van der Waals surface area contributed by atoms with Gasteiger partial charge in [0, 0.05) is 32.8 Å². The second kappa shape index (κ2) is 9.35. The van der Waals surface area contributed by atoms with Crippen LogP contribution in [-0.4, -0.2) is 44.5 Å². The number of fused-ring (bicyclic) bond motifs is 1. The van der Waals surface area contributed by atoms with Crippen LogP contribution < -0.4 is 4.74 Å². The summed E-state index contributed by atoms with van der Waals surface area (Å²) in [5, 5.41) is 0. The number of aliphatic imine (C=N–C) groups is 1. The molecule has 0 aromatic heterocycles. The van der Waals surface area contributed by atoms with Gasteiger partial charge < -0.3 is 9.47 Å². The van der Waals surface area contributed by atoms with Gasteiger partial charge in [-0.15, -0.1) is 0 Å². The SMILES string of the molecule is COCCCOc1cc2c(cc1C(=O)CCC(F)(F)F)C=NC(C(C)C)C2. The number of alkyl halides is 3. The van der Waals surface area contributed by atoms with E-state index in [0.29, 0.717) is 31.3 Å². The predicted octanol–water partition coefficient (Wildman–Crippen LogP) is 4.63. The molecule has 1 unspecified atom stereocenters. The lowest BCUT2D eigenvalue weighted by Crippen LogP contribution is -2.22. The highest BCUT2D eigenvalue weighted by molar-refractivity contribution is 6.01. The summed E-state index contributed by atoms with van der Waals surface area (Å²) in [4.78, 5) is 16.9. The van der Waals surface area contributed by atoms with Crippen molar-refractivity contribution in [3.05, 3.63) is 28.8 Å². The molecule has 0 saturated heterocycles. The highest BCUT2D eigenvalue weighted by Gasteiger charge is 2.29. The lowest BCUT2D eigenvalue weighted by atomic mass is 9.89. The lowest BCUT2D eigenvalue weighted by Gasteiger charge is -2.23.